The van der Waals surface area contributed by atoms with Gasteiger partial charge in [-0.05, 0) is 0 Å². The molecule has 0 spiro atoms. The van der Waals surface area contributed by atoms with Gasteiger partial charge in [-0.25, -0.2) is 4.98 Å². The molecule has 15 heavy (non-hydrogen) atoms. The maximum atomic E-state index is 11.7. The minimum Gasteiger partial charge on any atom is -0.339 e. The van der Waals surface area contributed by atoms with Crippen molar-refractivity contribution in [1.82, 2.24) is 25.4 Å². The number of thioether (sulfide) groups is 1. The van der Waals surface area contributed by atoms with Gasteiger partial charge >= 0.3 is 0 Å². The van der Waals surface area contributed by atoms with Crippen molar-refractivity contribution in [3.8, 4) is 0 Å². The molecule has 7 heteroatoms. The molecule has 82 valence electrons. The second kappa shape index (κ2) is 5.13. The Morgan fingerprint density at radius 3 is 3.00 bits per heavy atom. The zero-order chi connectivity index (χ0) is 10.5. The molecule has 0 saturated carbocycles. The fraction of sp³-hybridized carbons (Fsp3) is 0.625. The normalized spacial score (nSPS) is 16.7. The van der Waals surface area contributed by atoms with E-state index in [9.17, 15) is 4.79 Å². The molecule has 6 nitrogen and oxygen atoms in total. The van der Waals surface area contributed by atoms with Gasteiger partial charge in [-0.3, -0.25) is 9.89 Å². The van der Waals surface area contributed by atoms with E-state index in [1.807, 2.05) is 4.90 Å². The number of rotatable bonds is 3. The largest absolute Gasteiger partial charge is 0.339 e. The lowest BCUT2D eigenvalue weighted by molar-refractivity contribution is -0.128. The van der Waals surface area contributed by atoms with Crippen LogP contribution in [0.2, 0.25) is 0 Å². The number of H-pyrrole nitrogens is 1. The molecule has 1 fully saturated rings. The number of hydrogen-bond acceptors (Lipinski definition) is 5. The second-order valence-corrected chi connectivity index (χ2v) is 4.17. The van der Waals surface area contributed by atoms with Gasteiger partial charge in [-0.1, -0.05) is 11.8 Å². The highest BCUT2D eigenvalue weighted by molar-refractivity contribution is 7.99. The summed E-state index contributed by atoms with van der Waals surface area (Å²) in [5.41, 5.74) is 0. The van der Waals surface area contributed by atoms with Crippen molar-refractivity contribution in [1.29, 1.82) is 0 Å². The van der Waals surface area contributed by atoms with Crippen LogP contribution in [0, 0.1) is 0 Å². The molecule has 1 aromatic heterocycles. The van der Waals surface area contributed by atoms with Crippen molar-refractivity contribution in [2.75, 3.05) is 31.9 Å². The molecule has 1 aliphatic rings. The molecular weight excluding hydrogens is 214 g/mol. The standard InChI is InChI=1S/C8H13N5OS/c14-7(13-3-1-9-2-4-13)5-15-8-10-6-11-12-8/h6,9H,1-5H2,(H,10,11,12). The lowest BCUT2D eigenvalue weighted by Gasteiger charge is -2.27. The van der Waals surface area contributed by atoms with Crippen LogP contribution in [0.4, 0.5) is 0 Å². The Bertz CT molecular complexity index is 309. The molecule has 2 rings (SSSR count). The van der Waals surface area contributed by atoms with Crippen LogP contribution in [0.25, 0.3) is 0 Å². The van der Waals surface area contributed by atoms with Gasteiger partial charge in [0.25, 0.3) is 0 Å². The number of amides is 1. The van der Waals surface area contributed by atoms with Gasteiger partial charge in [0.1, 0.15) is 6.33 Å². The van der Waals surface area contributed by atoms with E-state index >= 15 is 0 Å². The molecule has 1 aliphatic heterocycles. The third-order valence-electron chi connectivity index (χ3n) is 2.19. The number of hydrogen-bond donors (Lipinski definition) is 2. The summed E-state index contributed by atoms with van der Waals surface area (Å²) in [6.07, 6.45) is 1.44. The smallest absolute Gasteiger partial charge is 0.233 e. The van der Waals surface area contributed by atoms with Crippen LogP contribution < -0.4 is 5.32 Å². The molecule has 0 atom stereocenters. The maximum Gasteiger partial charge on any atom is 0.233 e. The van der Waals surface area contributed by atoms with Crippen molar-refractivity contribution < 1.29 is 4.79 Å². The van der Waals surface area contributed by atoms with E-state index in [-0.39, 0.29) is 5.91 Å². The average Bonchev–Trinajstić information content (AvgIpc) is 2.80. The van der Waals surface area contributed by atoms with E-state index in [1.54, 1.807) is 0 Å². The fourth-order valence-corrected chi connectivity index (χ4v) is 2.08. The first kappa shape index (κ1) is 10.4. The Hall–Kier alpha value is -1.08. The molecule has 1 aromatic rings. The Morgan fingerprint density at radius 1 is 1.53 bits per heavy atom. The van der Waals surface area contributed by atoms with Crippen LogP contribution in [0.3, 0.4) is 0 Å². The van der Waals surface area contributed by atoms with E-state index in [1.165, 1.54) is 18.1 Å². The molecule has 2 N–H and O–H groups in total. The van der Waals surface area contributed by atoms with Crippen molar-refractivity contribution in [3.05, 3.63) is 6.33 Å². The Kier molecular flexibility index (Phi) is 3.57. The van der Waals surface area contributed by atoms with Gasteiger partial charge in [0.15, 0.2) is 5.16 Å². The predicted molar refractivity (Wildman–Crippen MR) is 56.6 cm³/mol. The highest BCUT2D eigenvalue weighted by atomic mass is 32.2. The number of aromatic nitrogens is 3. The van der Waals surface area contributed by atoms with Crippen LogP contribution in [0.5, 0.6) is 0 Å². The first-order valence-electron chi connectivity index (χ1n) is 4.83. The SMILES string of the molecule is O=C(CSc1ncn[nH]1)N1CCNCC1. The Labute approximate surface area is 91.8 Å². The van der Waals surface area contributed by atoms with E-state index in [4.69, 9.17) is 0 Å². The number of aromatic amines is 1. The minimum atomic E-state index is 0.165. The van der Waals surface area contributed by atoms with Gasteiger partial charge in [0.2, 0.25) is 5.91 Å². The van der Waals surface area contributed by atoms with Crippen molar-refractivity contribution in [2.45, 2.75) is 5.16 Å². The summed E-state index contributed by atoms with van der Waals surface area (Å²) in [6, 6.07) is 0. The lowest BCUT2D eigenvalue weighted by Crippen LogP contribution is -2.47. The topological polar surface area (TPSA) is 73.9 Å². The first-order valence-corrected chi connectivity index (χ1v) is 5.81. The van der Waals surface area contributed by atoms with E-state index in [2.05, 4.69) is 20.5 Å². The lowest BCUT2D eigenvalue weighted by atomic mass is 10.3. The molecule has 0 bridgehead atoms. The molecule has 0 aromatic carbocycles. The molecule has 1 saturated heterocycles. The van der Waals surface area contributed by atoms with Crippen LogP contribution >= 0.6 is 11.8 Å². The quantitative estimate of drug-likeness (QED) is 0.670. The number of carbonyl (C=O) groups excluding carboxylic acids is 1. The summed E-state index contributed by atoms with van der Waals surface area (Å²) >= 11 is 1.39. The van der Waals surface area contributed by atoms with Gasteiger partial charge < -0.3 is 10.2 Å². The third-order valence-corrected chi connectivity index (χ3v) is 3.06. The summed E-state index contributed by atoms with van der Waals surface area (Å²) in [7, 11) is 0. The molecule has 2 heterocycles. The van der Waals surface area contributed by atoms with Crippen molar-refractivity contribution in [3.63, 3.8) is 0 Å². The molecule has 0 radical (unpaired) electrons. The highest BCUT2D eigenvalue weighted by Crippen LogP contribution is 2.11. The molecule has 1 amide bonds. The molecule has 0 unspecified atom stereocenters. The minimum absolute atomic E-state index is 0.165. The molecular formula is C8H13N5OS. The summed E-state index contributed by atoms with van der Waals surface area (Å²) in [5, 5.41) is 10.3. The van der Waals surface area contributed by atoms with E-state index in [0.29, 0.717) is 10.9 Å². The molecule has 0 aliphatic carbocycles. The second-order valence-electron chi connectivity index (χ2n) is 3.21. The summed E-state index contributed by atoms with van der Waals surface area (Å²) in [6.45, 7) is 3.38. The average molecular weight is 227 g/mol. The number of nitrogens with zero attached hydrogens (tertiary/aromatic N) is 3. The van der Waals surface area contributed by atoms with Crippen LogP contribution in [-0.4, -0.2) is 57.9 Å². The Morgan fingerprint density at radius 2 is 2.33 bits per heavy atom. The van der Waals surface area contributed by atoms with Crippen molar-refractivity contribution in [2.24, 2.45) is 0 Å². The zero-order valence-electron chi connectivity index (χ0n) is 8.27. The fourth-order valence-electron chi connectivity index (χ4n) is 1.40. The van der Waals surface area contributed by atoms with Gasteiger partial charge in [0.05, 0.1) is 5.75 Å². The highest BCUT2D eigenvalue weighted by Gasteiger charge is 2.16. The summed E-state index contributed by atoms with van der Waals surface area (Å²) in [4.78, 5) is 17.5. The third kappa shape index (κ3) is 2.93. The summed E-state index contributed by atoms with van der Waals surface area (Å²) in [5.74, 6) is 0.591. The van der Waals surface area contributed by atoms with Gasteiger partial charge in [-0.2, -0.15) is 5.10 Å². The number of nitrogens with one attached hydrogen (secondary N) is 2. The summed E-state index contributed by atoms with van der Waals surface area (Å²) < 4.78 is 0. The first-order chi connectivity index (χ1) is 7.36. The van der Waals surface area contributed by atoms with Crippen molar-refractivity contribution >= 4 is 17.7 Å². The van der Waals surface area contributed by atoms with Gasteiger partial charge in [-0.15, -0.1) is 0 Å². The van der Waals surface area contributed by atoms with Crippen LogP contribution in [-0.2, 0) is 4.79 Å². The van der Waals surface area contributed by atoms with Crippen LogP contribution in [0.15, 0.2) is 11.5 Å². The Balaban J connectivity index is 1.76. The number of carbonyl (C=O) groups is 1. The number of piperazine rings is 1. The van der Waals surface area contributed by atoms with E-state index < -0.39 is 0 Å². The van der Waals surface area contributed by atoms with E-state index in [0.717, 1.165) is 26.2 Å². The maximum absolute atomic E-state index is 11.7. The monoisotopic (exact) mass is 227 g/mol. The predicted octanol–water partition coefficient (Wildman–Crippen LogP) is -0.671. The zero-order valence-corrected chi connectivity index (χ0v) is 9.09. The van der Waals surface area contributed by atoms with Crippen LogP contribution in [0.1, 0.15) is 0 Å². The van der Waals surface area contributed by atoms with Gasteiger partial charge in [0, 0.05) is 26.2 Å².